The van der Waals surface area contributed by atoms with Crippen LogP contribution < -0.4 is 0 Å². The second-order valence-corrected chi connectivity index (χ2v) is 5.11. The molecule has 2 aromatic heterocycles. The molecule has 3 rings (SSSR count). The Morgan fingerprint density at radius 1 is 1.15 bits per heavy atom. The lowest BCUT2D eigenvalue weighted by molar-refractivity contribution is 0.282. The first-order valence-electron chi connectivity index (χ1n) is 6.03. The van der Waals surface area contributed by atoms with E-state index in [9.17, 15) is 9.50 Å². The van der Waals surface area contributed by atoms with Crippen LogP contribution in [0.4, 0.5) is 4.39 Å². The highest BCUT2D eigenvalue weighted by Gasteiger charge is 2.14. The lowest BCUT2D eigenvalue weighted by Gasteiger charge is -2.11. The number of aromatic nitrogens is 2. The Morgan fingerprint density at radius 3 is 2.60 bits per heavy atom. The van der Waals surface area contributed by atoms with E-state index in [-0.39, 0.29) is 12.4 Å². The zero-order valence-corrected chi connectivity index (χ0v) is 11.3. The molecule has 3 aromatic rings. The van der Waals surface area contributed by atoms with E-state index in [2.05, 4.69) is 9.97 Å². The molecule has 20 heavy (non-hydrogen) atoms. The third-order valence-corrected chi connectivity index (χ3v) is 3.79. The van der Waals surface area contributed by atoms with Crippen molar-refractivity contribution in [2.45, 2.75) is 6.61 Å². The number of halogens is 1. The van der Waals surface area contributed by atoms with Crippen molar-refractivity contribution in [3.8, 4) is 21.7 Å². The van der Waals surface area contributed by atoms with E-state index in [1.165, 1.54) is 23.5 Å². The summed E-state index contributed by atoms with van der Waals surface area (Å²) in [6.45, 7) is -0.0794. The summed E-state index contributed by atoms with van der Waals surface area (Å²) in [4.78, 5) is 9.39. The predicted octanol–water partition coefficient (Wildman–Crippen LogP) is 3.50. The number of benzene rings is 1. The zero-order valence-electron chi connectivity index (χ0n) is 10.5. The molecule has 5 heteroatoms. The normalized spacial score (nSPS) is 10.7. The van der Waals surface area contributed by atoms with Gasteiger partial charge in [0.1, 0.15) is 5.82 Å². The van der Waals surface area contributed by atoms with Gasteiger partial charge in [-0.1, -0.05) is 0 Å². The molecule has 0 amide bonds. The molecule has 0 atom stereocenters. The van der Waals surface area contributed by atoms with E-state index in [1.807, 2.05) is 0 Å². The van der Waals surface area contributed by atoms with Gasteiger partial charge in [-0.25, -0.2) is 4.39 Å². The molecule has 1 N–H and O–H groups in total. The number of aliphatic hydroxyl groups excluding tert-OH is 1. The number of rotatable bonds is 3. The van der Waals surface area contributed by atoms with Gasteiger partial charge in [-0.05, 0) is 35.9 Å². The van der Waals surface area contributed by atoms with Gasteiger partial charge in [0.2, 0.25) is 0 Å². The highest BCUT2D eigenvalue weighted by molar-refractivity contribution is 7.13. The number of nitrogens with zero attached hydrogens (tertiary/aromatic N) is 2. The van der Waals surface area contributed by atoms with Crippen LogP contribution in [0.1, 0.15) is 5.56 Å². The molecule has 100 valence electrons. The van der Waals surface area contributed by atoms with Gasteiger partial charge in [0, 0.05) is 23.5 Å². The Kier molecular flexibility index (Phi) is 3.54. The molecule has 0 spiro atoms. The second kappa shape index (κ2) is 5.48. The first-order valence-corrected chi connectivity index (χ1v) is 6.91. The lowest BCUT2D eigenvalue weighted by atomic mass is 10.0. The topological polar surface area (TPSA) is 46.0 Å². The minimum atomic E-state index is -0.286. The van der Waals surface area contributed by atoms with Crippen molar-refractivity contribution in [1.29, 1.82) is 0 Å². The van der Waals surface area contributed by atoms with Gasteiger partial charge >= 0.3 is 0 Å². The number of hydrogen-bond acceptors (Lipinski definition) is 4. The molecule has 0 unspecified atom stereocenters. The minimum Gasteiger partial charge on any atom is -0.392 e. The second-order valence-electron chi connectivity index (χ2n) is 4.22. The highest BCUT2D eigenvalue weighted by atomic mass is 32.1. The molecular formula is C15H11FN2OS. The van der Waals surface area contributed by atoms with Crippen LogP contribution in [-0.2, 0) is 6.61 Å². The zero-order chi connectivity index (χ0) is 13.9. The van der Waals surface area contributed by atoms with E-state index in [4.69, 9.17) is 0 Å². The predicted molar refractivity (Wildman–Crippen MR) is 76.7 cm³/mol. The SMILES string of the molecule is OCc1ccnc(-c2ccc(F)cc2)c1-c1cncs1. The molecule has 0 radical (unpaired) electrons. The third-order valence-electron chi connectivity index (χ3n) is 3.00. The van der Waals surface area contributed by atoms with Gasteiger partial charge in [0.15, 0.2) is 0 Å². The van der Waals surface area contributed by atoms with Gasteiger partial charge in [-0.15, -0.1) is 11.3 Å². The molecule has 0 saturated carbocycles. The third kappa shape index (κ3) is 2.33. The van der Waals surface area contributed by atoms with Crippen molar-refractivity contribution >= 4 is 11.3 Å². The van der Waals surface area contributed by atoms with Crippen LogP contribution in [-0.4, -0.2) is 15.1 Å². The molecular weight excluding hydrogens is 275 g/mol. The maximum absolute atomic E-state index is 13.1. The summed E-state index contributed by atoms with van der Waals surface area (Å²) in [5.41, 5.74) is 4.90. The van der Waals surface area contributed by atoms with Crippen molar-refractivity contribution < 1.29 is 9.50 Å². The highest BCUT2D eigenvalue weighted by Crippen LogP contribution is 2.35. The minimum absolute atomic E-state index is 0.0794. The monoisotopic (exact) mass is 286 g/mol. The summed E-state index contributed by atoms with van der Waals surface area (Å²) in [7, 11) is 0. The molecule has 2 heterocycles. The first kappa shape index (κ1) is 12.9. The molecule has 0 aliphatic rings. The van der Waals surface area contributed by atoms with Gasteiger partial charge in [-0.2, -0.15) is 0 Å². The summed E-state index contributed by atoms with van der Waals surface area (Å²) in [6.07, 6.45) is 3.39. The van der Waals surface area contributed by atoms with E-state index in [0.717, 1.165) is 27.3 Å². The van der Waals surface area contributed by atoms with Crippen molar-refractivity contribution in [3.05, 3.63) is 59.6 Å². The molecule has 0 saturated heterocycles. The Hall–Kier alpha value is -2.11. The molecule has 3 nitrogen and oxygen atoms in total. The van der Waals surface area contributed by atoms with Crippen LogP contribution in [0.5, 0.6) is 0 Å². The summed E-state index contributed by atoms with van der Waals surface area (Å²) >= 11 is 1.48. The maximum atomic E-state index is 13.1. The number of pyridine rings is 1. The molecule has 0 aliphatic carbocycles. The maximum Gasteiger partial charge on any atom is 0.123 e. The van der Waals surface area contributed by atoms with Gasteiger partial charge in [-0.3, -0.25) is 9.97 Å². The quantitative estimate of drug-likeness (QED) is 0.801. The van der Waals surface area contributed by atoms with E-state index >= 15 is 0 Å². The van der Waals surface area contributed by atoms with Crippen LogP contribution in [0.2, 0.25) is 0 Å². The van der Waals surface area contributed by atoms with Crippen molar-refractivity contribution in [3.63, 3.8) is 0 Å². The largest absolute Gasteiger partial charge is 0.392 e. The van der Waals surface area contributed by atoms with Crippen LogP contribution in [0, 0.1) is 5.82 Å². The smallest absolute Gasteiger partial charge is 0.123 e. The first-order chi connectivity index (χ1) is 9.79. The summed E-state index contributed by atoms with van der Waals surface area (Å²) < 4.78 is 13.1. The number of hydrogen-bond donors (Lipinski definition) is 1. The van der Waals surface area contributed by atoms with Gasteiger partial charge < -0.3 is 5.11 Å². The van der Waals surface area contributed by atoms with Crippen LogP contribution >= 0.6 is 11.3 Å². The fourth-order valence-electron chi connectivity index (χ4n) is 2.07. The Morgan fingerprint density at radius 2 is 1.95 bits per heavy atom. The van der Waals surface area contributed by atoms with E-state index in [0.29, 0.717) is 0 Å². The fraction of sp³-hybridized carbons (Fsp3) is 0.0667. The lowest BCUT2D eigenvalue weighted by Crippen LogP contribution is -1.95. The molecule has 0 aliphatic heterocycles. The molecule has 0 bridgehead atoms. The summed E-state index contributed by atoms with van der Waals surface area (Å²) in [5.74, 6) is -0.286. The summed E-state index contributed by atoms with van der Waals surface area (Å²) in [5, 5.41) is 9.53. The van der Waals surface area contributed by atoms with Gasteiger partial charge in [0.05, 0.1) is 22.7 Å². The number of thiazole rings is 1. The van der Waals surface area contributed by atoms with Crippen molar-refractivity contribution in [2.75, 3.05) is 0 Å². The van der Waals surface area contributed by atoms with Crippen LogP contribution in [0.25, 0.3) is 21.7 Å². The Labute approximate surface area is 119 Å². The van der Waals surface area contributed by atoms with Gasteiger partial charge in [0.25, 0.3) is 0 Å². The molecule has 0 fully saturated rings. The van der Waals surface area contributed by atoms with E-state index < -0.39 is 0 Å². The van der Waals surface area contributed by atoms with Crippen LogP contribution in [0.3, 0.4) is 0 Å². The van der Waals surface area contributed by atoms with Crippen molar-refractivity contribution in [1.82, 2.24) is 9.97 Å². The average molecular weight is 286 g/mol. The van der Waals surface area contributed by atoms with Crippen LogP contribution in [0.15, 0.2) is 48.2 Å². The summed E-state index contributed by atoms with van der Waals surface area (Å²) in [6, 6.07) is 7.95. The molecule has 1 aromatic carbocycles. The standard InChI is InChI=1S/C15H11FN2OS/c16-12-3-1-10(2-4-12)15-14(13-7-17-9-20-13)11(8-19)5-6-18-15/h1-7,9,19H,8H2. The van der Waals surface area contributed by atoms with E-state index in [1.54, 1.807) is 36.1 Å². The van der Waals surface area contributed by atoms with Crippen molar-refractivity contribution in [2.24, 2.45) is 0 Å². The Bertz CT molecular complexity index is 711. The average Bonchev–Trinajstić information content (AvgIpc) is 3.01. The fourth-order valence-corrected chi connectivity index (χ4v) is 2.78. The number of aliphatic hydroxyl groups is 1. The Balaban J connectivity index is 2.23.